The van der Waals surface area contributed by atoms with E-state index in [9.17, 15) is 5.11 Å². The van der Waals surface area contributed by atoms with E-state index in [1.54, 1.807) is 18.2 Å². The van der Waals surface area contributed by atoms with E-state index in [0.717, 1.165) is 28.1 Å². The van der Waals surface area contributed by atoms with Gasteiger partial charge in [-0.15, -0.1) is 0 Å². The molecular weight excluding hydrogens is 354 g/mol. The number of hydrogen-bond donors (Lipinski definition) is 2. The molecule has 6 heteroatoms. The maximum atomic E-state index is 9.52. The van der Waals surface area contributed by atoms with Crippen LogP contribution in [0.1, 0.15) is 32.4 Å². The first-order valence-corrected chi connectivity index (χ1v) is 7.91. The Hall–Kier alpha value is -1.33. The number of aromatic hydroxyl groups is 1. The van der Waals surface area contributed by atoms with E-state index >= 15 is 0 Å². The first-order valence-electron chi connectivity index (χ1n) is 6.74. The molecule has 0 radical (unpaired) electrons. The van der Waals surface area contributed by atoms with Crippen LogP contribution in [0.25, 0.3) is 11.4 Å². The van der Waals surface area contributed by atoms with E-state index in [0.29, 0.717) is 5.82 Å². The Morgan fingerprint density at radius 1 is 1.33 bits per heavy atom. The van der Waals surface area contributed by atoms with Crippen molar-refractivity contribution in [1.29, 1.82) is 0 Å². The Bertz CT molecular complexity index is 662. The van der Waals surface area contributed by atoms with Crippen molar-refractivity contribution in [2.75, 3.05) is 11.9 Å². The van der Waals surface area contributed by atoms with Crippen molar-refractivity contribution < 1.29 is 5.11 Å². The average Bonchev–Trinajstić information content (AvgIpc) is 2.44. The Morgan fingerprint density at radius 3 is 2.62 bits per heavy atom. The topological polar surface area (TPSA) is 58.0 Å². The molecule has 2 aromatic rings. The van der Waals surface area contributed by atoms with Crippen LogP contribution in [0.3, 0.4) is 0 Å². The van der Waals surface area contributed by atoms with Gasteiger partial charge >= 0.3 is 0 Å². The number of benzene rings is 1. The smallest absolute Gasteiger partial charge is 0.161 e. The minimum atomic E-state index is 0.0496. The van der Waals surface area contributed by atoms with Gasteiger partial charge in [0.25, 0.3) is 0 Å². The van der Waals surface area contributed by atoms with Crippen molar-refractivity contribution in [2.24, 2.45) is 0 Å². The van der Waals surface area contributed by atoms with Crippen LogP contribution in [0.4, 0.5) is 5.82 Å². The van der Waals surface area contributed by atoms with Crippen LogP contribution in [0.15, 0.2) is 22.7 Å². The number of nitrogens with one attached hydrogen (secondary N) is 1. The van der Waals surface area contributed by atoms with Gasteiger partial charge in [0.1, 0.15) is 11.6 Å². The first kappa shape index (κ1) is 16.0. The largest absolute Gasteiger partial charge is 0.506 e. The van der Waals surface area contributed by atoms with Crippen molar-refractivity contribution in [3.05, 3.63) is 33.4 Å². The normalized spacial score (nSPS) is 11.0. The average molecular weight is 371 g/mol. The molecule has 0 unspecified atom stereocenters. The van der Waals surface area contributed by atoms with Gasteiger partial charge < -0.3 is 10.4 Å². The molecule has 21 heavy (non-hydrogen) atoms. The standard InChI is InChI=1S/C15H17BrClN3O/c1-4-18-15-12(16)13(8(2)3)19-14(20-15)9-5-6-11(21)10(17)7-9/h5-8,21H,4H2,1-3H3,(H,18,19,20). The van der Waals surface area contributed by atoms with Gasteiger partial charge in [-0.25, -0.2) is 9.97 Å². The first-order chi connectivity index (χ1) is 9.93. The van der Waals surface area contributed by atoms with Crippen LogP contribution >= 0.6 is 27.5 Å². The lowest BCUT2D eigenvalue weighted by Crippen LogP contribution is -2.07. The van der Waals surface area contributed by atoms with Crippen LogP contribution < -0.4 is 5.32 Å². The van der Waals surface area contributed by atoms with Gasteiger partial charge in [-0.3, -0.25) is 0 Å². The number of halogens is 2. The molecule has 0 spiro atoms. The molecule has 1 aromatic heterocycles. The summed E-state index contributed by atoms with van der Waals surface area (Å²) in [5, 5.41) is 13.0. The highest BCUT2D eigenvalue weighted by Gasteiger charge is 2.16. The fourth-order valence-electron chi connectivity index (χ4n) is 1.91. The minimum absolute atomic E-state index is 0.0496. The molecule has 112 valence electrons. The highest BCUT2D eigenvalue weighted by Crippen LogP contribution is 2.33. The lowest BCUT2D eigenvalue weighted by Gasteiger charge is -2.14. The number of hydrogen-bond acceptors (Lipinski definition) is 4. The van der Waals surface area contributed by atoms with Crippen LogP contribution in [-0.4, -0.2) is 21.6 Å². The maximum Gasteiger partial charge on any atom is 0.161 e. The summed E-state index contributed by atoms with van der Waals surface area (Å²) >= 11 is 9.53. The molecule has 0 bridgehead atoms. The third-order valence-corrected chi connectivity index (χ3v) is 4.06. The van der Waals surface area contributed by atoms with Crippen LogP contribution in [0.2, 0.25) is 5.02 Å². The zero-order valence-corrected chi connectivity index (χ0v) is 14.5. The molecule has 0 amide bonds. The van der Waals surface area contributed by atoms with E-state index in [4.69, 9.17) is 11.6 Å². The van der Waals surface area contributed by atoms with Gasteiger partial charge in [-0.1, -0.05) is 25.4 Å². The number of nitrogens with zero attached hydrogens (tertiary/aromatic N) is 2. The third-order valence-electron chi connectivity index (χ3n) is 2.97. The number of rotatable bonds is 4. The predicted octanol–water partition coefficient (Wildman–Crippen LogP) is 4.82. The Balaban J connectivity index is 2.59. The summed E-state index contributed by atoms with van der Waals surface area (Å²) < 4.78 is 0.882. The number of anilines is 1. The van der Waals surface area contributed by atoms with E-state index < -0.39 is 0 Å². The number of aromatic nitrogens is 2. The number of phenolic OH excluding ortho intramolecular Hbond substituents is 1. The predicted molar refractivity (Wildman–Crippen MR) is 90.1 cm³/mol. The monoisotopic (exact) mass is 369 g/mol. The van der Waals surface area contributed by atoms with Crippen LogP contribution in [0.5, 0.6) is 5.75 Å². The molecule has 2 N–H and O–H groups in total. The molecule has 1 heterocycles. The van der Waals surface area contributed by atoms with E-state index in [-0.39, 0.29) is 16.7 Å². The lowest BCUT2D eigenvalue weighted by molar-refractivity contribution is 0.475. The molecule has 2 rings (SSSR count). The molecule has 0 atom stereocenters. The van der Waals surface area contributed by atoms with Crippen molar-refractivity contribution in [3.63, 3.8) is 0 Å². The second kappa shape index (κ2) is 6.62. The Labute approximate surface area is 137 Å². The van der Waals surface area contributed by atoms with Gasteiger partial charge in [-0.05, 0) is 47.0 Å². The van der Waals surface area contributed by atoms with Gasteiger partial charge in [0.05, 0.1) is 15.2 Å². The molecule has 0 saturated heterocycles. The molecular formula is C15H17BrClN3O. The van der Waals surface area contributed by atoms with Gasteiger partial charge in [0, 0.05) is 12.1 Å². The van der Waals surface area contributed by atoms with Gasteiger partial charge in [0.2, 0.25) is 0 Å². The van der Waals surface area contributed by atoms with Gasteiger partial charge in [0.15, 0.2) is 5.82 Å². The zero-order chi connectivity index (χ0) is 15.6. The molecule has 0 aliphatic rings. The molecule has 0 fully saturated rings. The second-order valence-corrected chi connectivity index (χ2v) is 6.15. The summed E-state index contributed by atoms with van der Waals surface area (Å²) in [6.07, 6.45) is 0. The summed E-state index contributed by atoms with van der Waals surface area (Å²) in [4.78, 5) is 9.15. The SMILES string of the molecule is CCNc1nc(-c2ccc(O)c(Cl)c2)nc(C(C)C)c1Br. The number of phenols is 1. The molecule has 0 saturated carbocycles. The Kier molecular flexibility index (Phi) is 5.06. The molecule has 0 aliphatic heterocycles. The zero-order valence-electron chi connectivity index (χ0n) is 12.1. The van der Waals surface area contributed by atoms with Crippen LogP contribution in [-0.2, 0) is 0 Å². The second-order valence-electron chi connectivity index (χ2n) is 4.95. The van der Waals surface area contributed by atoms with Crippen molar-refractivity contribution in [2.45, 2.75) is 26.7 Å². The van der Waals surface area contributed by atoms with E-state index in [2.05, 4.69) is 45.1 Å². The molecule has 1 aromatic carbocycles. The summed E-state index contributed by atoms with van der Waals surface area (Å²) in [6.45, 7) is 6.94. The Morgan fingerprint density at radius 2 is 2.05 bits per heavy atom. The molecule has 4 nitrogen and oxygen atoms in total. The summed E-state index contributed by atoms with van der Waals surface area (Å²) in [6, 6.07) is 4.97. The maximum absolute atomic E-state index is 9.52. The van der Waals surface area contributed by atoms with Crippen LogP contribution in [0, 0.1) is 0 Å². The van der Waals surface area contributed by atoms with Crippen molar-refractivity contribution >= 4 is 33.3 Å². The fourth-order valence-corrected chi connectivity index (χ4v) is 2.86. The third kappa shape index (κ3) is 3.47. The lowest BCUT2D eigenvalue weighted by atomic mass is 10.1. The fraction of sp³-hybridized carbons (Fsp3) is 0.333. The van der Waals surface area contributed by atoms with Crippen molar-refractivity contribution in [3.8, 4) is 17.1 Å². The summed E-state index contributed by atoms with van der Waals surface area (Å²) in [7, 11) is 0. The van der Waals surface area contributed by atoms with E-state index in [1.165, 1.54) is 0 Å². The highest BCUT2D eigenvalue weighted by atomic mass is 79.9. The minimum Gasteiger partial charge on any atom is -0.506 e. The van der Waals surface area contributed by atoms with E-state index in [1.807, 2.05) is 6.92 Å². The van der Waals surface area contributed by atoms with Crippen molar-refractivity contribution in [1.82, 2.24) is 9.97 Å². The quantitative estimate of drug-likeness (QED) is 0.810. The van der Waals surface area contributed by atoms with Gasteiger partial charge in [-0.2, -0.15) is 0 Å². The summed E-state index contributed by atoms with van der Waals surface area (Å²) in [5.41, 5.74) is 1.70. The summed E-state index contributed by atoms with van der Waals surface area (Å²) in [5.74, 6) is 1.65. The highest BCUT2D eigenvalue weighted by molar-refractivity contribution is 9.10. The molecule has 0 aliphatic carbocycles.